The van der Waals surface area contributed by atoms with E-state index in [1.165, 1.54) is 22.0 Å². The summed E-state index contributed by atoms with van der Waals surface area (Å²) in [6.07, 6.45) is 0.970. The predicted molar refractivity (Wildman–Crippen MR) is 70.3 cm³/mol. The molecule has 0 radical (unpaired) electrons. The summed E-state index contributed by atoms with van der Waals surface area (Å²) in [4.78, 5) is 0. The molecule has 0 spiro atoms. The standard InChI is InChI=1S/C13H17ClN2/c1-9-5-4-6-11-12(9)10(7-8-15-2)13(14)16(11)3/h4-6,15H,7-8H2,1-3H3. The number of halogens is 1. The number of likely N-dealkylation sites (N-methyl/N-ethyl adjacent to an activating group) is 1. The summed E-state index contributed by atoms with van der Waals surface area (Å²) in [6.45, 7) is 3.09. The van der Waals surface area contributed by atoms with Crippen LogP contribution in [0.5, 0.6) is 0 Å². The van der Waals surface area contributed by atoms with Crippen LogP contribution in [0.2, 0.25) is 5.15 Å². The van der Waals surface area contributed by atoms with Crippen LogP contribution in [0.25, 0.3) is 10.9 Å². The van der Waals surface area contributed by atoms with Crippen molar-refractivity contribution >= 4 is 22.5 Å². The van der Waals surface area contributed by atoms with Crippen LogP contribution in [0.15, 0.2) is 18.2 Å². The zero-order valence-corrected chi connectivity index (χ0v) is 10.7. The van der Waals surface area contributed by atoms with Gasteiger partial charge in [0.05, 0.1) is 0 Å². The molecular weight excluding hydrogens is 220 g/mol. The van der Waals surface area contributed by atoms with Crippen LogP contribution < -0.4 is 5.32 Å². The minimum absolute atomic E-state index is 0.861. The lowest BCUT2D eigenvalue weighted by Crippen LogP contribution is -2.10. The molecule has 0 aliphatic heterocycles. The summed E-state index contributed by atoms with van der Waals surface area (Å²) >= 11 is 6.38. The number of nitrogens with zero attached hydrogens (tertiary/aromatic N) is 1. The van der Waals surface area contributed by atoms with Crippen LogP contribution in [0.4, 0.5) is 0 Å². The highest BCUT2D eigenvalue weighted by atomic mass is 35.5. The molecule has 1 heterocycles. The van der Waals surface area contributed by atoms with Crippen LogP contribution in [0.1, 0.15) is 11.1 Å². The molecule has 2 rings (SSSR count). The minimum Gasteiger partial charge on any atom is -0.335 e. The molecule has 0 aliphatic carbocycles. The average Bonchev–Trinajstić information content (AvgIpc) is 2.52. The van der Waals surface area contributed by atoms with Crippen LogP contribution in [-0.4, -0.2) is 18.2 Å². The van der Waals surface area contributed by atoms with E-state index < -0.39 is 0 Å². The molecule has 0 amide bonds. The van der Waals surface area contributed by atoms with Crippen LogP contribution in [0.3, 0.4) is 0 Å². The zero-order chi connectivity index (χ0) is 11.7. The Bertz CT molecular complexity index is 514. The predicted octanol–water partition coefficient (Wildman–Crippen LogP) is 2.90. The number of hydrogen-bond donors (Lipinski definition) is 1. The number of aromatic nitrogens is 1. The van der Waals surface area contributed by atoms with Gasteiger partial charge in [0.15, 0.2) is 0 Å². The monoisotopic (exact) mass is 236 g/mol. The number of nitrogens with one attached hydrogen (secondary N) is 1. The molecule has 0 atom stereocenters. The molecule has 1 N–H and O–H groups in total. The maximum Gasteiger partial charge on any atom is 0.113 e. The Labute approximate surface area is 101 Å². The molecule has 0 saturated carbocycles. The van der Waals surface area contributed by atoms with Gasteiger partial charge in [0.25, 0.3) is 0 Å². The van der Waals surface area contributed by atoms with E-state index in [2.05, 4.69) is 35.0 Å². The minimum atomic E-state index is 0.861. The van der Waals surface area contributed by atoms with Crippen molar-refractivity contribution in [2.24, 2.45) is 7.05 Å². The van der Waals surface area contributed by atoms with Crippen molar-refractivity contribution in [2.45, 2.75) is 13.3 Å². The van der Waals surface area contributed by atoms with E-state index in [9.17, 15) is 0 Å². The molecule has 2 nitrogen and oxygen atoms in total. The van der Waals surface area contributed by atoms with Gasteiger partial charge >= 0.3 is 0 Å². The lowest BCUT2D eigenvalue weighted by Gasteiger charge is -2.02. The Morgan fingerprint density at radius 3 is 2.81 bits per heavy atom. The van der Waals surface area contributed by atoms with Gasteiger partial charge in [0, 0.05) is 18.0 Å². The highest BCUT2D eigenvalue weighted by Crippen LogP contribution is 2.31. The molecule has 2 aromatic rings. The third-order valence-electron chi connectivity index (χ3n) is 3.08. The van der Waals surface area contributed by atoms with Crippen molar-refractivity contribution in [3.63, 3.8) is 0 Å². The van der Waals surface area contributed by atoms with E-state index in [1.807, 2.05) is 14.1 Å². The van der Waals surface area contributed by atoms with E-state index in [0.29, 0.717) is 0 Å². The molecular formula is C13H17ClN2. The van der Waals surface area contributed by atoms with E-state index in [1.54, 1.807) is 0 Å². The summed E-state index contributed by atoms with van der Waals surface area (Å²) in [6, 6.07) is 6.34. The van der Waals surface area contributed by atoms with Gasteiger partial charge < -0.3 is 9.88 Å². The smallest absolute Gasteiger partial charge is 0.113 e. The highest BCUT2D eigenvalue weighted by molar-refractivity contribution is 6.32. The maximum atomic E-state index is 6.38. The van der Waals surface area contributed by atoms with Crippen molar-refractivity contribution in [3.05, 3.63) is 34.5 Å². The summed E-state index contributed by atoms with van der Waals surface area (Å²) in [5, 5.41) is 5.34. The fourth-order valence-electron chi connectivity index (χ4n) is 2.21. The lowest BCUT2D eigenvalue weighted by atomic mass is 10.1. The number of benzene rings is 1. The normalized spacial score (nSPS) is 11.2. The average molecular weight is 237 g/mol. The highest BCUT2D eigenvalue weighted by Gasteiger charge is 2.14. The Morgan fingerprint density at radius 2 is 2.12 bits per heavy atom. The van der Waals surface area contributed by atoms with E-state index in [-0.39, 0.29) is 0 Å². The Kier molecular flexibility index (Phi) is 3.22. The van der Waals surface area contributed by atoms with Gasteiger partial charge in [-0.2, -0.15) is 0 Å². The molecule has 0 fully saturated rings. The molecule has 16 heavy (non-hydrogen) atoms. The van der Waals surface area contributed by atoms with Crippen molar-refractivity contribution in [3.8, 4) is 0 Å². The van der Waals surface area contributed by atoms with Crippen LogP contribution >= 0.6 is 11.6 Å². The number of fused-ring (bicyclic) bond motifs is 1. The summed E-state index contributed by atoms with van der Waals surface area (Å²) in [5.74, 6) is 0. The number of hydrogen-bond acceptors (Lipinski definition) is 1. The topological polar surface area (TPSA) is 17.0 Å². The first-order valence-electron chi connectivity index (χ1n) is 5.53. The third kappa shape index (κ3) is 1.72. The largest absolute Gasteiger partial charge is 0.335 e. The fraction of sp³-hybridized carbons (Fsp3) is 0.385. The SMILES string of the molecule is CNCCc1c(Cl)n(C)c2cccc(C)c12. The molecule has 0 saturated heterocycles. The van der Waals surface area contributed by atoms with Crippen LogP contribution in [-0.2, 0) is 13.5 Å². The fourth-order valence-corrected chi connectivity index (χ4v) is 2.49. The van der Waals surface area contributed by atoms with E-state index >= 15 is 0 Å². The first-order valence-corrected chi connectivity index (χ1v) is 5.91. The van der Waals surface area contributed by atoms with Gasteiger partial charge in [-0.15, -0.1) is 0 Å². The second-order valence-corrected chi connectivity index (χ2v) is 4.51. The molecule has 86 valence electrons. The Hall–Kier alpha value is -0.990. The lowest BCUT2D eigenvalue weighted by molar-refractivity contribution is 0.791. The first kappa shape index (κ1) is 11.5. The Morgan fingerprint density at radius 1 is 1.38 bits per heavy atom. The van der Waals surface area contributed by atoms with Gasteiger partial charge in [-0.25, -0.2) is 0 Å². The first-order chi connectivity index (χ1) is 7.66. The van der Waals surface area contributed by atoms with Crippen molar-refractivity contribution in [1.29, 1.82) is 0 Å². The van der Waals surface area contributed by atoms with Gasteiger partial charge in [0.2, 0.25) is 0 Å². The molecule has 1 aromatic carbocycles. The number of rotatable bonds is 3. The second kappa shape index (κ2) is 4.48. The molecule has 3 heteroatoms. The van der Waals surface area contributed by atoms with Crippen molar-refractivity contribution in [1.82, 2.24) is 9.88 Å². The Balaban J connectivity index is 2.66. The summed E-state index contributed by atoms with van der Waals surface area (Å²) in [5.41, 5.74) is 3.77. The van der Waals surface area contributed by atoms with Gasteiger partial charge in [-0.1, -0.05) is 23.7 Å². The maximum absolute atomic E-state index is 6.38. The number of aryl methyl sites for hydroxylation is 2. The molecule has 1 aromatic heterocycles. The van der Waals surface area contributed by atoms with Crippen LogP contribution in [0, 0.1) is 6.92 Å². The van der Waals surface area contributed by atoms with Gasteiger partial charge in [-0.3, -0.25) is 0 Å². The third-order valence-corrected chi connectivity index (χ3v) is 3.56. The van der Waals surface area contributed by atoms with E-state index in [4.69, 9.17) is 11.6 Å². The van der Waals surface area contributed by atoms with Gasteiger partial charge in [-0.05, 0) is 44.1 Å². The van der Waals surface area contributed by atoms with E-state index in [0.717, 1.165) is 18.1 Å². The van der Waals surface area contributed by atoms with Crippen molar-refractivity contribution in [2.75, 3.05) is 13.6 Å². The van der Waals surface area contributed by atoms with Crippen molar-refractivity contribution < 1.29 is 0 Å². The summed E-state index contributed by atoms with van der Waals surface area (Å²) in [7, 11) is 3.98. The summed E-state index contributed by atoms with van der Waals surface area (Å²) < 4.78 is 2.06. The zero-order valence-electron chi connectivity index (χ0n) is 9.97. The quantitative estimate of drug-likeness (QED) is 0.867. The van der Waals surface area contributed by atoms with Gasteiger partial charge in [0.1, 0.15) is 5.15 Å². The second-order valence-electron chi connectivity index (χ2n) is 4.15. The molecule has 0 unspecified atom stereocenters. The molecule has 0 bridgehead atoms. The molecule has 0 aliphatic rings.